The van der Waals surface area contributed by atoms with Crippen LogP contribution in [0, 0.1) is 20.2 Å². The summed E-state index contributed by atoms with van der Waals surface area (Å²) < 4.78 is 0. The Morgan fingerprint density at radius 1 is 0.579 bits per heavy atom. The number of phenolic OH excluding ortho intramolecular Hbond substituents is 2. The zero-order valence-corrected chi connectivity index (χ0v) is 19.7. The van der Waals surface area contributed by atoms with Gasteiger partial charge in [-0.05, 0) is 47.5 Å². The van der Waals surface area contributed by atoms with Gasteiger partial charge >= 0.3 is 0 Å². The van der Waals surface area contributed by atoms with Gasteiger partial charge in [0.05, 0.1) is 21.2 Å². The van der Waals surface area contributed by atoms with Crippen LogP contribution in [0.25, 0.3) is 12.2 Å². The van der Waals surface area contributed by atoms with Crippen LogP contribution in [0.2, 0.25) is 0 Å². The Balaban J connectivity index is 1.39. The highest BCUT2D eigenvalue weighted by Gasteiger charge is 2.09. The summed E-state index contributed by atoms with van der Waals surface area (Å²) in [7, 11) is 0. The van der Waals surface area contributed by atoms with Crippen molar-refractivity contribution < 1.29 is 20.1 Å². The van der Waals surface area contributed by atoms with Gasteiger partial charge in [0.25, 0.3) is 11.4 Å². The lowest BCUT2D eigenvalue weighted by Crippen LogP contribution is -1.90. The monoisotopic (exact) mass is 508 g/mol. The molecule has 0 radical (unpaired) electrons. The molecule has 0 fully saturated rings. The van der Waals surface area contributed by atoms with Gasteiger partial charge in [0.15, 0.2) is 0 Å². The quantitative estimate of drug-likeness (QED) is 0.119. The topological polar surface area (TPSA) is 151 Å². The Morgan fingerprint density at radius 3 is 1.29 bits per heavy atom. The fraction of sp³-hybridized carbons (Fsp3) is 0. The maximum absolute atomic E-state index is 10.9. The van der Waals surface area contributed by atoms with Crippen molar-refractivity contribution >= 4 is 47.3 Å². The highest BCUT2D eigenvalue weighted by molar-refractivity contribution is 5.87. The number of hydrogen-bond acceptors (Lipinski definition) is 8. The number of nitrogens with zero attached hydrogens (tertiary/aromatic N) is 4. The van der Waals surface area contributed by atoms with Crippen LogP contribution in [0.4, 0.5) is 22.7 Å². The van der Waals surface area contributed by atoms with Gasteiger partial charge in [-0.1, -0.05) is 36.4 Å². The number of hydrogen-bond donors (Lipinski definition) is 2. The van der Waals surface area contributed by atoms with Gasteiger partial charge < -0.3 is 10.2 Å². The molecule has 0 spiro atoms. The van der Waals surface area contributed by atoms with Crippen LogP contribution in [-0.2, 0) is 0 Å². The predicted octanol–water partition coefficient (Wildman–Crippen LogP) is 6.59. The van der Waals surface area contributed by atoms with Crippen LogP contribution in [0.3, 0.4) is 0 Å². The van der Waals surface area contributed by atoms with Crippen LogP contribution in [-0.4, -0.2) is 32.5 Å². The summed E-state index contributed by atoms with van der Waals surface area (Å²) in [6.07, 6.45) is 6.58. The molecule has 0 bridgehead atoms. The highest BCUT2D eigenvalue weighted by Crippen LogP contribution is 2.24. The van der Waals surface area contributed by atoms with Crippen molar-refractivity contribution in [3.05, 3.63) is 127 Å². The van der Waals surface area contributed by atoms with Crippen molar-refractivity contribution in [3.63, 3.8) is 0 Å². The minimum atomic E-state index is -0.537. The molecule has 0 aliphatic carbocycles. The van der Waals surface area contributed by atoms with Crippen LogP contribution in [0.5, 0.6) is 11.5 Å². The summed E-state index contributed by atoms with van der Waals surface area (Å²) >= 11 is 0. The smallest absolute Gasteiger partial charge is 0.270 e. The van der Waals surface area contributed by atoms with Gasteiger partial charge in [0, 0.05) is 47.8 Å². The van der Waals surface area contributed by atoms with E-state index in [-0.39, 0.29) is 34.0 Å². The van der Waals surface area contributed by atoms with E-state index in [1.165, 1.54) is 48.8 Å². The Morgan fingerprint density at radius 2 is 0.947 bits per heavy atom. The number of non-ortho nitro benzene ring substituents is 2. The second-order valence-electron chi connectivity index (χ2n) is 8.03. The molecule has 0 aromatic heterocycles. The molecule has 2 N–H and O–H groups in total. The maximum atomic E-state index is 10.9. The van der Waals surface area contributed by atoms with Crippen molar-refractivity contribution in [1.29, 1.82) is 0 Å². The van der Waals surface area contributed by atoms with Crippen LogP contribution in [0.15, 0.2) is 94.9 Å². The van der Waals surface area contributed by atoms with Crippen molar-refractivity contribution in [2.75, 3.05) is 0 Å². The molecule has 0 atom stereocenters. The van der Waals surface area contributed by atoms with Crippen LogP contribution in [0.1, 0.15) is 22.3 Å². The van der Waals surface area contributed by atoms with E-state index in [0.717, 1.165) is 11.1 Å². The van der Waals surface area contributed by atoms with Crippen molar-refractivity contribution in [1.82, 2.24) is 0 Å². The second-order valence-corrected chi connectivity index (χ2v) is 8.03. The fourth-order valence-corrected chi connectivity index (χ4v) is 3.34. The predicted molar refractivity (Wildman–Crippen MR) is 146 cm³/mol. The third-order valence-corrected chi connectivity index (χ3v) is 5.40. The largest absolute Gasteiger partial charge is 0.507 e. The van der Waals surface area contributed by atoms with Crippen molar-refractivity contribution in [2.24, 2.45) is 9.98 Å². The summed E-state index contributed by atoms with van der Waals surface area (Å²) in [5.74, 6) is -0.199. The molecule has 10 nitrogen and oxygen atoms in total. The average Bonchev–Trinajstić information content (AvgIpc) is 2.92. The molecule has 0 aliphatic heterocycles. The van der Waals surface area contributed by atoms with Crippen LogP contribution < -0.4 is 0 Å². The summed E-state index contributed by atoms with van der Waals surface area (Å²) in [6.45, 7) is 0. The van der Waals surface area contributed by atoms with Gasteiger partial charge in [-0.15, -0.1) is 0 Å². The molecule has 4 aromatic carbocycles. The van der Waals surface area contributed by atoms with E-state index >= 15 is 0 Å². The molecule has 38 heavy (non-hydrogen) atoms. The van der Waals surface area contributed by atoms with Gasteiger partial charge in [0.1, 0.15) is 11.5 Å². The van der Waals surface area contributed by atoms with Gasteiger partial charge in [-0.25, -0.2) is 0 Å². The summed E-state index contributed by atoms with van der Waals surface area (Å²) in [5, 5.41) is 41.6. The number of benzene rings is 4. The number of aromatic hydroxyl groups is 2. The first-order chi connectivity index (χ1) is 18.3. The Kier molecular flexibility index (Phi) is 7.63. The molecule has 4 aromatic rings. The third-order valence-electron chi connectivity index (χ3n) is 5.40. The lowest BCUT2D eigenvalue weighted by Gasteiger charge is -2.00. The first-order valence-corrected chi connectivity index (χ1v) is 11.2. The van der Waals surface area contributed by atoms with Crippen LogP contribution >= 0.6 is 0 Å². The molecule has 188 valence electrons. The minimum absolute atomic E-state index is 0.0993. The lowest BCUT2D eigenvalue weighted by atomic mass is 10.1. The van der Waals surface area contributed by atoms with E-state index in [4.69, 9.17) is 0 Å². The number of rotatable bonds is 8. The van der Waals surface area contributed by atoms with E-state index in [9.17, 15) is 30.4 Å². The standard InChI is InChI=1S/C28H20N4O6/c33-27-13-11-25(31(35)36)15-21(27)17-29-23-7-3-19(4-8-23)1-2-20-5-9-24(10-6-20)30-18-22-16-26(32(37)38)12-14-28(22)34/h1-18,33-34H. The molecule has 4 rings (SSSR count). The lowest BCUT2D eigenvalue weighted by molar-refractivity contribution is -0.385. The van der Waals surface area contributed by atoms with Crippen molar-refractivity contribution in [3.8, 4) is 11.5 Å². The van der Waals surface area contributed by atoms with Gasteiger partial charge in [0.2, 0.25) is 0 Å². The van der Waals surface area contributed by atoms with E-state index in [0.29, 0.717) is 11.4 Å². The first-order valence-electron chi connectivity index (χ1n) is 11.2. The normalized spacial score (nSPS) is 11.5. The molecule has 0 saturated heterocycles. The average molecular weight is 508 g/mol. The second kappa shape index (κ2) is 11.4. The molecule has 0 saturated carbocycles. The number of aliphatic imine (C=N–C) groups is 2. The minimum Gasteiger partial charge on any atom is -0.507 e. The molecular weight excluding hydrogens is 488 g/mol. The Hall–Kier alpha value is -5.64. The summed E-state index contributed by atoms with van der Waals surface area (Å²) in [5.41, 5.74) is 3.30. The molecule has 0 unspecified atom stereocenters. The van der Waals surface area contributed by atoms with Crippen molar-refractivity contribution in [2.45, 2.75) is 0 Å². The van der Waals surface area contributed by atoms with Gasteiger partial charge in [-0.3, -0.25) is 30.2 Å². The Bertz CT molecular complexity index is 1460. The zero-order valence-electron chi connectivity index (χ0n) is 19.7. The summed E-state index contributed by atoms with van der Waals surface area (Å²) in [6, 6.07) is 22.1. The maximum Gasteiger partial charge on any atom is 0.270 e. The Labute approximate surface area is 216 Å². The first kappa shape index (κ1) is 25.5. The number of nitro groups is 2. The third kappa shape index (κ3) is 6.52. The number of nitro benzene ring substituents is 2. The van der Waals surface area contributed by atoms with E-state index in [1.54, 1.807) is 24.3 Å². The zero-order chi connectivity index (χ0) is 27.1. The number of phenols is 2. The SMILES string of the molecule is O=[N+]([O-])c1ccc(O)c(C=Nc2ccc(C=Cc3ccc(N=Cc4cc([N+](=O)[O-])ccc4O)cc3)cc2)c1. The highest BCUT2D eigenvalue weighted by atomic mass is 16.6. The van der Waals surface area contributed by atoms with Gasteiger partial charge in [-0.2, -0.15) is 0 Å². The molecule has 0 aliphatic rings. The molecule has 0 heterocycles. The molecule has 10 heteroatoms. The van der Waals surface area contributed by atoms with E-state index < -0.39 is 9.85 Å². The molecule has 0 amide bonds. The van der Waals surface area contributed by atoms with E-state index in [2.05, 4.69) is 9.98 Å². The van der Waals surface area contributed by atoms with E-state index in [1.807, 2.05) is 36.4 Å². The molecular formula is C28H20N4O6. The summed E-state index contributed by atoms with van der Waals surface area (Å²) in [4.78, 5) is 29.3. The fourth-order valence-electron chi connectivity index (χ4n) is 3.34.